The van der Waals surface area contributed by atoms with E-state index in [1.807, 2.05) is 20.8 Å². The van der Waals surface area contributed by atoms with Crippen molar-refractivity contribution in [2.45, 2.75) is 72.1 Å². The molecule has 1 rings (SSSR count). The van der Waals surface area contributed by atoms with Crippen molar-refractivity contribution in [1.29, 1.82) is 0 Å². The van der Waals surface area contributed by atoms with E-state index < -0.39 is 0 Å². The van der Waals surface area contributed by atoms with Gasteiger partial charge in [-0.05, 0) is 12.8 Å². The molecule has 3 amide bonds. The molecule has 1 N–H and O–H groups in total. The first-order chi connectivity index (χ1) is 11.0. The number of Topliss-reactive ketones (excluding diaryl/α,β-unsaturated/α-hetero) is 1. The van der Waals surface area contributed by atoms with Crippen LogP contribution >= 0.6 is 0 Å². The summed E-state index contributed by atoms with van der Waals surface area (Å²) >= 11 is 0. The summed E-state index contributed by atoms with van der Waals surface area (Å²) in [6, 6.07) is 0. The minimum Gasteiger partial charge on any atom is -0.356 e. The largest absolute Gasteiger partial charge is 0.356 e. The minimum absolute atomic E-state index is 0.146. The lowest BCUT2D eigenvalue weighted by Crippen LogP contribution is -2.34. The molecule has 0 aromatic rings. The fraction of sp³-hybridized carbons (Fsp3) is 0.765. The van der Waals surface area contributed by atoms with Gasteiger partial charge in [-0.2, -0.15) is 0 Å². The monoisotopic (exact) mass is 326 g/mol. The quantitative estimate of drug-likeness (QED) is 0.493. The number of ketones is 1. The Morgan fingerprint density at radius 2 is 1.61 bits per heavy atom. The predicted octanol–water partition coefficient (Wildman–Crippen LogP) is 2.21. The number of unbranched alkanes of at least 4 members (excludes halogenated alkanes) is 2. The number of carbonyl (C=O) groups excluding carboxylic acids is 4. The van der Waals surface area contributed by atoms with Crippen molar-refractivity contribution in [3.63, 3.8) is 0 Å². The van der Waals surface area contributed by atoms with Crippen LogP contribution in [0.1, 0.15) is 72.1 Å². The van der Waals surface area contributed by atoms with Gasteiger partial charge in [-0.15, -0.1) is 0 Å². The number of amides is 3. The van der Waals surface area contributed by atoms with Gasteiger partial charge in [-0.1, -0.05) is 27.2 Å². The number of rotatable bonds is 10. The van der Waals surface area contributed by atoms with Crippen LogP contribution in [0.5, 0.6) is 0 Å². The van der Waals surface area contributed by atoms with Gasteiger partial charge in [0.25, 0.3) is 0 Å². The predicted molar refractivity (Wildman–Crippen MR) is 88.7 cm³/mol. The summed E-state index contributed by atoms with van der Waals surface area (Å²) in [5.41, 5.74) is 0. The van der Waals surface area contributed by atoms with E-state index in [1.54, 1.807) is 0 Å². The highest BCUT2D eigenvalue weighted by Gasteiger charge is 2.28. The Labute approximate surface area is 139 Å². The summed E-state index contributed by atoms with van der Waals surface area (Å²) in [7, 11) is 0. The molecule has 1 fully saturated rings. The van der Waals surface area contributed by atoms with Crippen molar-refractivity contribution in [3.8, 4) is 0 Å². The third-order valence-electron chi connectivity index (χ3n) is 3.57. The fourth-order valence-electron chi connectivity index (χ4n) is 2.20. The molecule has 132 valence electrons. The normalized spacial score (nSPS) is 13.6. The van der Waals surface area contributed by atoms with Crippen LogP contribution in [-0.4, -0.2) is 41.5 Å². The van der Waals surface area contributed by atoms with Gasteiger partial charge in [0.05, 0.1) is 0 Å². The lowest BCUT2D eigenvalue weighted by atomic mass is 10.1. The molecule has 1 heterocycles. The van der Waals surface area contributed by atoms with Crippen LogP contribution < -0.4 is 5.32 Å². The maximum absolute atomic E-state index is 11.6. The van der Waals surface area contributed by atoms with Crippen LogP contribution in [0.15, 0.2) is 0 Å². The number of nitrogens with one attached hydrogen (secondary N) is 1. The van der Waals surface area contributed by atoms with Gasteiger partial charge in [0.2, 0.25) is 17.7 Å². The molecule has 0 spiro atoms. The number of carbonyl (C=O) groups is 4. The molecule has 0 unspecified atom stereocenters. The van der Waals surface area contributed by atoms with Crippen molar-refractivity contribution in [2.24, 2.45) is 0 Å². The van der Waals surface area contributed by atoms with Gasteiger partial charge < -0.3 is 5.32 Å². The summed E-state index contributed by atoms with van der Waals surface area (Å²) < 4.78 is 0. The molecule has 0 atom stereocenters. The minimum atomic E-state index is -0.187. The van der Waals surface area contributed by atoms with Crippen LogP contribution in [0.2, 0.25) is 0 Å². The first-order valence-electron chi connectivity index (χ1n) is 8.66. The van der Waals surface area contributed by atoms with E-state index in [-0.39, 0.29) is 49.3 Å². The highest BCUT2D eigenvalue weighted by molar-refractivity contribution is 6.02. The Kier molecular flexibility index (Phi) is 11.8. The van der Waals surface area contributed by atoms with E-state index in [0.717, 1.165) is 24.2 Å². The van der Waals surface area contributed by atoms with Crippen LogP contribution in [0.4, 0.5) is 0 Å². The Morgan fingerprint density at radius 3 is 2.17 bits per heavy atom. The van der Waals surface area contributed by atoms with Gasteiger partial charge in [-0.25, -0.2) is 0 Å². The maximum Gasteiger partial charge on any atom is 0.229 e. The Bertz CT molecular complexity index is 391. The van der Waals surface area contributed by atoms with E-state index >= 15 is 0 Å². The zero-order valence-electron chi connectivity index (χ0n) is 14.7. The second-order valence-electron chi connectivity index (χ2n) is 5.24. The third kappa shape index (κ3) is 9.11. The average Bonchev–Trinajstić information content (AvgIpc) is 2.88. The fourth-order valence-corrected chi connectivity index (χ4v) is 2.20. The second-order valence-corrected chi connectivity index (χ2v) is 5.24. The van der Waals surface area contributed by atoms with Gasteiger partial charge in [0.1, 0.15) is 5.78 Å². The van der Waals surface area contributed by atoms with E-state index in [9.17, 15) is 19.2 Å². The van der Waals surface area contributed by atoms with Crippen molar-refractivity contribution >= 4 is 23.5 Å². The highest BCUT2D eigenvalue weighted by atomic mass is 16.2. The van der Waals surface area contributed by atoms with Crippen LogP contribution in [0, 0.1) is 0 Å². The van der Waals surface area contributed by atoms with Gasteiger partial charge in [0, 0.05) is 45.2 Å². The molecule has 1 aliphatic rings. The van der Waals surface area contributed by atoms with E-state index in [2.05, 4.69) is 5.32 Å². The molecular formula is C17H30N2O4. The Hall–Kier alpha value is -1.72. The van der Waals surface area contributed by atoms with Crippen molar-refractivity contribution in [2.75, 3.05) is 13.1 Å². The highest BCUT2D eigenvalue weighted by Crippen LogP contribution is 2.11. The lowest BCUT2D eigenvalue weighted by molar-refractivity contribution is -0.138. The van der Waals surface area contributed by atoms with Crippen molar-refractivity contribution < 1.29 is 19.2 Å². The lowest BCUT2D eigenvalue weighted by Gasteiger charge is -2.13. The first kappa shape index (κ1) is 21.3. The van der Waals surface area contributed by atoms with Crippen molar-refractivity contribution in [1.82, 2.24) is 10.2 Å². The van der Waals surface area contributed by atoms with Crippen LogP contribution in [0.25, 0.3) is 0 Å². The molecule has 0 bridgehead atoms. The van der Waals surface area contributed by atoms with E-state index in [0.29, 0.717) is 19.4 Å². The first-order valence-corrected chi connectivity index (χ1v) is 8.66. The SMILES string of the molecule is CC.CCC(=O)CCCCCNC(=O)CCN1C(=O)CCC1=O. The van der Waals surface area contributed by atoms with E-state index in [4.69, 9.17) is 0 Å². The van der Waals surface area contributed by atoms with Crippen LogP contribution in [0.3, 0.4) is 0 Å². The summed E-state index contributed by atoms with van der Waals surface area (Å²) in [6.45, 7) is 6.61. The van der Waals surface area contributed by atoms with Crippen molar-refractivity contribution in [3.05, 3.63) is 0 Å². The number of nitrogens with zero attached hydrogens (tertiary/aromatic N) is 1. The summed E-state index contributed by atoms with van der Waals surface area (Å²) in [6.07, 6.45) is 4.49. The van der Waals surface area contributed by atoms with Gasteiger partial charge >= 0.3 is 0 Å². The van der Waals surface area contributed by atoms with Gasteiger partial charge in [0.15, 0.2) is 0 Å². The average molecular weight is 326 g/mol. The number of hydrogen-bond donors (Lipinski definition) is 1. The maximum atomic E-state index is 11.6. The number of hydrogen-bond acceptors (Lipinski definition) is 4. The standard InChI is InChI=1S/C15H24N2O4.C2H6/c1-2-12(18)6-4-3-5-10-16-13(19)9-11-17-14(20)7-8-15(17)21;1-2/h2-11H2,1H3,(H,16,19);1-2H3. The summed E-state index contributed by atoms with van der Waals surface area (Å²) in [4.78, 5) is 46.5. The second kappa shape index (κ2) is 12.8. The molecule has 1 saturated heterocycles. The number of likely N-dealkylation sites (tertiary alicyclic amines) is 1. The molecule has 0 radical (unpaired) electrons. The molecule has 0 aromatic heterocycles. The Balaban J connectivity index is 0.00000232. The molecule has 6 nitrogen and oxygen atoms in total. The molecule has 0 aliphatic carbocycles. The van der Waals surface area contributed by atoms with Crippen LogP contribution in [-0.2, 0) is 19.2 Å². The molecule has 0 aromatic carbocycles. The zero-order chi connectivity index (χ0) is 17.7. The summed E-state index contributed by atoms with van der Waals surface area (Å²) in [5, 5.41) is 2.77. The third-order valence-corrected chi connectivity index (χ3v) is 3.57. The molecule has 6 heteroatoms. The molecule has 23 heavy (non-hydrogen) atoms. The van der Waals surface area contributed by atoms with E-state index in [1.165, 1.54) is 0 Å². The van der Waals surface area contributed by atoms with Gasteiger partial charge in [-0.3, -0.25) is 24.1 Å². The Morgan fingerprint density at radius 1 is 1.00 bits per heavy atom. The zero-order valence-corrected chi connectivity index (χ0v) is 14.7. The molecule has 1 aliphatic heterocycles. The topological polar surface area (TPSA) is 83.6 Å². The summed E-state index contributed by atoms with van der Waals surface area (Å²) in [5.74, 6) is -0.243. The number of imide groups is 1. The smallest absolute Gasteiger partial charge is 0.229 e. The molecule has 0 saturated carbocycles. The molecular weight excluding hydrogens is 296 g/mol.